The van der Waals surface area contributed by atoms with Gasteiger partial charge in [-0.05, 0) is 12.1 Å². The van der Waals surface area contributed by atoms with E-state index >= 15 is 0 Å². The van der Waals surface area contributed by atoms with Gasteiger partial charge >= 0.3 is 0 Å². The van der Waals surface area contributed by atoms with Gasteiger partial charge in [0.1, 0.15) is 23.5 Å². The third-order valence-electron chi connectivity index (χ3n) is 1.48. The van der Waals surface area contributed by atoms with E-state index in [-0.39, 0.29) is 22.4 Å². The molecule has 0 amide bonds. The molecule has 4 heteroatoms. The number of nitriles is 3. The van der Waals surface area contributed by atoms with Crippen LogP contribution in [0.5, 0.6) is 5.75 Å². The number of nitrogens with zero attached hydrogens (tertiary/aromatic N) is 3. The zero-order valence-electron chi connectivity index (χ0n) is 6.44. The summed E-state index contributed by atoms with van der Waals surface area (Å²) in [7, 11) is 0. The second kappa shape index (κ2) is 3.26. The minimum atomic E-state index is -0.335. The van der Waals surface area contributed by atoms with E-state index in [4.69, 9.17) is 15.8 Å². The standard InChI is InChI=1S/C9H3N3O/c10-3-6-1-7(4-11)8(5-12)9(13)2-6/h1-2,13H. The fourth-order valence-electron chi connectivity index (χ4n) is 0.897. The predicted octanol–water partition coefficient (Wildman–Crippen LogP) is 1.01. The molecule has 1 aromatic carbocycles. The Morgan fingerprint density at radius 2 is 1.69 bits per heavy atom. The van der Waals surface area contributed by atoms with Gasteiger partial charge in [-0.2, -0.15) is 15.8 Å². The van der Waals surface area contributed by atoms with Crippen molar-refractivity contribution in [2.75, 3.05) is 0 Å². The van der Waals surface area contributed by atoms with Crippen molar-refractivity contribution in [1.82, 2.24) is 0 Å². The van der Waals surface area contributed by atoms with E-state index in [0.29, 0.717) is 0 Å². The first kappa shape index (κ1) is 8.59. The van der Waals surface area contributed by atoms with Gasteiger partial charge in [0.2, 0.25) is 0 Å². The lowest BCUT2D eigenvalue weighted by Crippen LogP contribution is -1.86. The van der Waals surface area contributed by atoms with Gasteiger partial charge in [-0.1, -0.05) is 0 Å². The third-order valence-corrected chi connectivity index (χ3v) is 1.48. The monoisotopic (exact) mass is 169 g/mol. The molecule has 1 aromatic rings. The lowest BCUT2D eigenvalue weighted by molar-refractivity contribution is 0.473. The van der Waals surface area contributed by atoms with Crippen LogP contribution in [0.15, 0.2) is 12.1 Å². The zero-order valence-corrected chi connectivity index (χ0v) is 6.44. The van der Waals surface area contributed by atoms with Gasteiger partial charge in [-0.25, -0.2) is 0 Å². The number of benzene rings is 1. The second-order valence-corrected chi connectivity index (χ2v) is 2.25. The zero-order chi connectivity index (χ0) is 9.84. The van der Waals surface area contributed by atoms with Crippen LogP contribution in [0, 0.1) is 34.0 Å². The van der Waals surface area contributed by atoms with E-state index in [1.165, 1.54) is 6.07 Å². The number of rotatable bonds is 0. The highest BCUT2D eigenvalue weighted by molar-refractivity contribution is 5.57. The Kier molecular flexibility index (Phi) is 2.15. The summed E-state index contributed by atoms with van der Waals surface area (Å²) in [5.74, 6) is -0.335. The molecule has 0 heterocycles. The predicted molar refractivity (Wildman–Crippen MR) is 42.3 cm³/mol. The fourth-order valence-corrected chi connectivity index (χ4v) is 0.897. The van der Waals surface area contributed by atoms with Crippen molar-refractivity contribution in [2.24, 2.45) is 0 Å². The second-order valence-electron chi connectivity index (χ2n) is 2.25. The molecule has 0 spiro atoms. The molecular formula is C9H3N3O. The van der Waals surface area contributed by atoms with Gasteiger partial charge in [0, 0.05) is 0 Å². The average Bonchev–Trinajstić information content (AvgIpc) is 2.16. The first-order valence-electron chi connectivity index (χ1n) is 3.30. The largest absolute Gasteiger partial charge is 0.506 e. The van der Waals surface area contributed by atoms with Gasteiger partial charge < -0.3 is 5.11 Å². The molecule has 0 saturated carbocycles. The molecule has 13 heavy (non-hydrogen) atoms. The van der Waals surface area contributed by atoms with Gasteiger partial charge in [-0.15, -0.1) is 0 Å². The van der Waals surface area contributed by atoms with Crippen molar-refractivity contribution in [3.8, 4) is 24.0 Å². The summed E-state index contributed by atoms with van der Waals surface area (Å²) in [6, 6.07) is 7.60. The molecule has 0 aliphatic rings. The van der Waals surface area contributed by atoms with Crippen LogP contribution in [-0.4, -0.2) is 5.11 Å². The summed E-state index contributed by atoms with van der Waals surface area (Å²) in [5.41, 5.74) is 0.0774. The molecule has 0 aliphatic heterocycles. The van der Waals surface area contributed by atoms with Crippen LogP contribution >= 0.6 is 0 Å². The SMILES string of the molecule is N#Cc1cc(O)c(C#N)c(C#N)c1. The molecule has 0 fully saturated rings. The molecule has 60 valence electrons. The molecule has 4 nitrogen and oxygen atoms in total. The maximum absolute atomic E-state index is 9.21. The number of hydrogen-bond donors (Lipinski definition) is 1. The van der Waals surface area contributed by atoms with Crippen molar-refractivity contribution in [3.63, 3.8) is 0 Å². The van der Waals surface area contributed by atoms with Crippen LogP contribution in [0.1, 0.15) is 16.7 Å². The summed E-state index contributed by atoms with van der Waals surface area (Å²) in [5, 5.41) is 34.8. The Hall–Kier alpha value is -2.51. The Morgan fingerprint density at radius 3 is 2.15 bits per heavy atom. The molecule has 0 aromatic heterocycles. The van der Waals surface area contributed by atoms with Crippen molar-refractivity contribution in [2.45, 2.75) is 0 Å². The number of phenolic OH excluding ortho intramolecular Hbond substituents is 1. The van der Waals surface area contributed by atoms with Crippen LogP contribution in [0.4, 0.5) is 0 Å². The topological polar surface area (TPSA) is 91.6 Å². The highest BCUT2D eigenvalue weighted by Crippen LogP contribution is 2.21. The smallest absolute Gasteiger partial charge is 0.136 e. The molecule has 1 N–H and O–H groups in total. The lowest BCUT2D eigenvalue weighted by atomic mass is 10.1. The molecule has 0 atom stereocenters. The van der Waals surface area contributed by atoms with Crippen LogP contribution in [0.25, 0.3) is 0 Å². The van der Waals surface area contributed by atoms with Crippen LogP contribution in [0.3, 0.4) is 0 Å². The van der Waals surface area contributed by atoms with Gasteiger partial charge in [0.15, 0.2) is 0 Å². The first-order chi connectivity index (χ1) is 6.22. The highest BCUT2D eigenvalue weighted by Gasteiger charge is 2.08. The van der Waals surface area contributed by atoms with Crippen LogP contribution in [-0.2, 0) is 0 Å². The van der Waals surface area contributed by atoms with Crippen LogP contribution in [0.2, 0.25) is 0 Å². The summed E-state index contributed by atoms with van der Waals surface area (Å²) in [6.07, 6.45) is 0. The number of hydrogen-bond acceptors (Lipinski definition) is 4. The quantitative estimate of drug-likeness (QED) is 0.627. The van der Waals surface area contributed by atoms with Gasteiger partial charge in [-0.3, -0.25) is 0 Å². The summed E-state index contributed by atoms with van der Waals surface area (Å²) < 4.78 is 0. The van der Waals surface area contributed by atoms with Crippen molar-refractivity contribution in [3.05, 3.63) is 28.8 Å². The number of phenols is 1. The van der Waals surface area contributed by atoms with Crippen molar-refractivity contribution >= 4 is 0 Å². The highest BCUT2D eigenvalue weighted by atomic mass is 16.3. The molecule has 1 rings (SSSR count). The molecule has 0 aliphatic carbocycles. The summed E-state index contributed by atoms with van der Waals surface area (Å²) in [4.78, 5) is 0. The number of aromatic hydroxyl groups is 1. The Labute approximate surface area is 74.5 Å². The first-order valence-corrected chi connectivity index (χ1v) is 3.30. The van der Waals surface area contributed by atoms with Gasteiger partial charge in [0.25, 0.3) is 0 Å². The van der Waals surface area contributed by atoms with E-state index in [0.717, 1.165) is 6.07 Å². The van der Waals surface area contributed by atoms with Gasteiger partial charge in [0.05, 0.1) is 17.2 Å². The minimum Gasteiger partial charge on any atom is -0.506 e. The molecule has 0 saturated heterocycles. The van der Waals surface area contributed by atoms with E-state index in [1.54, 1.807) is 18.2 Å². The lowest BCUT2D eigenvalue weighted by Gasteiger charge is -1.97. The summed E-state index contributed by atoms with van der Waals surface area (Å²) in [6.45, 7) is 0. The molecule has 0 unspecified atom stereocenters. The average molecular weight is 169 g/mol. The van der Waals surface area contributed by atoms with E-state index < -0.39 is 0 Å². The minimum absolute atomic E-state index is 0.0130. The van der Waals surface area contributed by atoms with Crippen LogP contribution < -0.4 is 0 Å². The maximum Gasteiger partial charge on any atom is 0.136 e. The third kappa shape index (κ3) is 1.40. The molecule has 0 radical (unpaired) electrons. The Balaban J connectivity index is 3.54. The van der Waals surface area contributed by atoms with E-state index in [1.807, 2.05) is 0 Å². The maximum atomic E-state index is 9.21. The van der Waals surface area contributed by atoms with Crippen molar-refractivity contribution in [1.29, 1.82) is 15.8 Å². The Bertz CT molecular complexity index is 471. The normalized spacial score (nSPS) is 8.08. The Morgan fingerprint density at radius 1 is 1.00 bits per heavy atom. The molecule has 0 bridgehead atoms. The fraction of sp³-hybridized carbons (Fsp3) is 0. The summed E-state index contributed by atoms with van der Waals surface area (Å²) >= 11 is 0. The molecular weight excluding hydrogens is 166 g/mol. The van der Waals surface area contributed by atoms with E-state index in [2.05, 4.69) is 0 Å². The van der Waals surface area contributed by atoms with Crippen molar-refractivity contribution < 1.29 is 5.11 Å². The van der Waals surface area contributed by atoms with E-state index in [9.17, 15) is 5.11 Å².